The second-order valence-electron chi connectivity index (χ2n) is 6.16. The molecule has 0 bridgehead atoms. The lowest BCUT2D eigenvalue weighted by Crippen LogP contribution is -2.42. The van der Waals surface area contributed by atoms with Crippen LogP contribution < -0.4 is 5.73 Å². The van der Waals surface area contributed by atoms with E-state index in [0.29, 0.717) is 12.0 Å². The summed E-state index contributed by atoms with van der Waals surface area (Å²) in [4.78, 5) is 5.92. The first-order valence-electron chi connectivity index (χ1n) is 7.49. The van der Waals surface area contributed by atoms with E-state index in [1.165, 1.54) is 27.6 Å². The van der Waals surface area contributed by atoms with Gasteiger partial charge in [-0.05, 0) is 55.1 Å². The molecule has 0 radical (unpaired) electrons. The molecule has 3 N–H and O–H groups in total. The number of nitrogens with one attached hydrogen (secondary N) is 1. The monoisotopic (exact) mass is 267 g/mol. The van der Waals surface area contributed by atoms with E-state index in [-0.39, 0.29) is 0 Å². The van der Waals surface area contributed by atoms with Gasteiger partial charge in [0.05, 0.1) is 0 Å². The summed E-state index contributed by atoms with van der Waals surface area (Å²) in [5, 5.41) is 1.43. The molecule has 0 saturated carbocycles. The lowest BCUT2D eigenvalue weighted by Gasteiger charge is -2.40. The van der Waals surface area contributed by atoms with Gasteiger partial charge in [0.2, 0.25) is 0 Å². The van der Waals surface area contributed by atoms with Crippen LogP contribution in [0, 0.1) is 5.92 Å². The van der Waals surface area contributed by atoms with Gasteiger partial charge in [-0.25, -0.2) is 0 Å². The van der Waals surface area contributed by atoms with Gasteiger partial charge in [-0.3, -0.25) is 4.90 Å². The predicted octanol–water partition coefficient (Wildman–Crippen LogP) is 2.39. The molecule has 0 amide bonds. The summed E-state index contributed by atoms with van der Waals surface area (Å²) < 4.78 is 0. The Morgan fingerprint density at radius 3 is 3.15 bits per heavy atom. The fraction of sp³-hybridized carbons (Fsp3) is 0.412. The Bertz CT molecular complexity index is 683. The minimum atomic E-state index is 0.526. The van der Waals surface area contributed by atoms with Gasteiger partial charge < -0.3 is 10.7 Å². The summed E-state index contributed by atoms with van der Waals surface area (Å²) in [5.74, 6) is 0.590. The van der Waals surface area contributed by atoms with Crippen molar-refractivity contribution in [2.75, 3.05) is 20.1 Å². The van der Waals surface area contributed by atoms with E-state index < -0.39 is 0 Å². The third-order valence-electron chi connectivity index (χ3n) is 4.88. The number of likely N-dealkylation sites (N-methyl/N-ethyl adjacent to an activating group) is 1. The van der Waals surface area contributed by atoms with Crippen molar-refractivity contribution in [2.45, 2.75) is 18.9 Å². The van der Waals surface area contributed by atoms with Crippen LogP contribution in [0.1, 0.15) is 17.5 Å². The molecule has 4 rings (SSSR count). The molecule has 104 valence electrons. The molecule has 0 saturated heterocycles. The number of aromatic nitrogens is 1. The Morgan fingerprint density at radius 1 is 1.40 bits per heavy atom. The Labute approximate surface area is 119 Å². The highest BCUT2D eigenvalue weighted by atomic mass is 15.1. The first-order valence-corrected chi connectivity index (χ1v) is 7.49. The van der Waals surface area contributed by atoms with Gasteiger partial charge in [-0.2, -0.15) is 0 Å². The van der Waals surface area contributed by atoms with Gasteiger partial charge in [-0.1, -0.05) is 18.2 Å². The van der Waals surface area contributed by atoms with Crippen molar-refractivity contribution in [1.29, 1.82) is 0 Å². The minimum Gasteiger partial charge on any atom is -0.361 e. The van der Waals surface area contributed by atoms with Crippen LogP contribution in [0.3, 0.4) is 0 Å². The number of benzene rings is 1. The lowest BCUT2D eigenvalue weighted by atomic mass is 9.79. The maximum Gasteiger partial charge on any atom is 0.0462 e. The smallest absolute Gasteiger partial charge is 0.0462 e. The normalized spacial score (nSPS) is 25.6. The number of hydrogen-bond donors (Lipinski definition) is 2. The number of nitrogens with zero attached hydrogens (tertiary/aromatic N) is 1. The molecule has 2 atom stereocenters. The maximum absolute atomic E-state index is 5.76. The number of hydrogen-bond acceptors (Lipinski definition) is 2. The third-order valence-corrected chi connectivity index (χ3v) is 4.88. The number of rotatable bonds is 2. The summed E-state index contributed by atoms with van der Waals surface area (Å²) in [6, 6.07) is 7.13. The van der Waals surface area contributed by atoms with Crippen molar-refractivity contribution in [2.24, 2.45) is 11.7 Å². The molecule has 2 heterocycles. The Hall–Kier alpha value is -1.58. The van der Waals surface area contributed by atoms with E-state index in [9.17, 15) is 0 Å². The first kappa shape index (κ1) is 12.2. The highest BCUT2D eigenvalue weighted by molar-refractivity contribution is 5.98. The van der Waals surface area contributed by atoms with Crippen molar-refractivity contribution in [3.8, 4) is 0 Å². The molecule has 0 fully saturated rings. The molecule has 1 aromatic heterocycles. The number of H-pyrrole nitrogens is 1. The van der Waals surface area contributed by atoms with Crippen molar-refractivity contribution >= 4 is 16.5 Å². The van der Waals surface area contributed by atoms with E-state index in [1.807, 2.05) is 0 Å². The van der Waals surface area contributed by atoms with Gasteiger partial charge in [-0.15, -0.1) is 0 Å². The molecule has 2 aliphatic rings. The van der Waals surface area contributed by atoms with E-state index >= 15 is 0 Å². The molecular weight excluding hydrogens is 246 g/mol. The number of nitrogens with two attached hydrogens (primary N) is 1. The van der Waals surface area contributed by atoms with Gasteiger partial charge in [0.15, 0.2) is 0 Å². The molecule has 0 unspecified atom stereocenters. The fourth-order valence-electron chi connectivity index (χ4n) is 3.94. The standard InChI is InChI=1S/C17H21N3/c1-20-10-11(5-6-18)7-14-13-3-2-4-15-17(13)12(9-19-15)8-16(14)20/h2-4,7,9,11,16,19H,5-6,8,10,18H2,1H3/t11-,16-/m1/s1. The van der Waals surface area contributed by atoms with E-state index in [4.69, 9.17) is 5.73 Å². The summed E-state index contributed by atoms with van der Waals surface area (Å²) >= 11 is 0. The van der Waals surface area contributed by atoms with Gasteiger partial charge in [0.1, 0.15) is 0 Å². The van der Waals surface area contributed by atoms with Crippen LogP contribution in [0.5, 0.6) is 0 Å². The molecule has 3 heteroatoms. The van der Waals surface area contributed by atoms with Crippen molar-refractivity contribution in [1.82, 2.24) is 9.88 Å². The maximum atomic E-state index is 5.76. The lowest BCUT2D eigenvalue weighted by molar-refractivity contribution is 0.241. The zero-order valence-electron chi connectivity index (χ0n) is 11.9. The van der Waals surface area contributed by atoms with Crippen LogP contribution >= 0.6 is 0 Å². The molecule has 1 aliphatic heterocycles. The highest BCUT2D eigenvalue weighted by Gasteiger charge is 2.33. The molecule has 3 nitrogen and oxygen atoms in total. The summed E-state index contributed by atoms with van der Waals surface area (Å²) in [6.45, 7) is 1.90. The Morgan fingerprint density at radius 2 is 2.30 bits per heavy atom. The van der Waals surface area contributed by atoms with Crippen molar-refractivity contribution < 1.29 is 0 Å². The predicted molar refractivity (Wildman–Crippen MR) is 83.6 cm³/mol. The summed E-state index contributed by atoms with van der Waals surface area (Å²) in [5.41, 5.74) is 11.4. The van der Waals surface area contributed by atoms with E-state index in [2.05, 4.69) is 47.4 Å². The second kappa shape index (κ2) is 4.47. The van der Waals surface area contributed by atoms with Crippen LogP contribution in [0.15, 0.2) is 30.5 Å². The van der Waals surface area contributed by atoms with Gasteiger partial charge >= 0.3 is 0 Å². The van der Waals surface area contributed by atoms with Crippen molar-refractivity contribution in [3.05, 3.63) is 41.6 Å². The summed E-state index contributed by atoms with van der Waals surface area (Å²) in [6.07, 6.45) is 6.87. The Balaban J connectivity index is 1.89. The number of fused-ring (bicyclic) bond motifs is 2. The van der Waals surface area contributed by atoms with Crippen LogP contribution in [0.2, 0.25) is 0 Å². The minimum absolute atomic E-state index is 0.526. The molecule has 20 heavy (non-hydrogen) atoms. The topological polar surface area (TPSA) is 45.0 Å². The zero-order chi connectivity index (χ0) is 13.7. The van der Waals surface area contributed by atoms with Crippen LogP contribution in [-0.2, 0) is 6.42 Å². The quantitative estimate of drug-likeness (QED) is 0.877. The average molecular weight is 267 g/mol. The first-order chi connectivity index (χ1) is 9.78. The fourth-order valence-corrected chi connectivity index (χ4v) is 3.94. The average Bonchev–Trinajstić information content (AvgIpc) is 2.86. The van der Waals surface area contributed by atoms with Crippen molar-refractivity contribution in [3.63, 3.8) is 0 Å². The van der Waals surface area contributed by atoms with Gasteiger partial charge in [0.25, 0.3) is 0 Å². The second-order valence-corrected chi connectivity index (χ2v) is 6.16. The van der Waals surface area contributed by atoms with E-state index in [1.54, 1.807) is 0 Å². The van der Waals surface area contributed by atoms with Crippen LogP contribution in [0.25, 0.3) is 16.5 Å². The van der Waals surface area contributed by atoms with Crippen LogP contribution in [-0.4, -0.2) is 36.1 Å². The SMILES string of the molecule is CN1C[C@H](CCN)C=C2c3cccc4[nH]cc(c34)C[C@H]21. The molecule has 0 spiro atoms. The number of aromatic amines is 1. The highest BCUT2D eigenvalue weighted by Crippen LogP contribution is 2.40. The zero-order valence-corrected chi connectivity index (χ0v) is 11.9. The molecule has 1 aromatic carbocycles. The largest absolute Gasteiger partial charge is 0.361 e. The molecular formula is C17H21N3. The van der Waals surface area contributed by atoms with Gasteiger partial charge in [0, 0.05) is 29.7 Å². The third kappa shape index (κ3) is 1.67. The Kier molecular flexibility index (Phi) is 2.72. The van der Waals surface area contributed by atoms with Crippen LogP contribution in [0.4, 0.5) is 0 Å². The molecule has 1 aliphatic carbocycles. The molecule has 2 aromatic rings. The summed E-state index contributed by atoms with van der Waals surface area (Å²) in [7, 11) is 2.25. The van der Waals surface area contributed by atoms with E-state index in [0.717, 1.165) is 25.9 Å².